The fourth-order valence-corrected chi connectivity index (χ4v) is 2.09. The van der Waals surface area contributed by atoms with Crippen molar-refractivity contribution in [2.75, 3.05) is 39.8 Å². The van der Waals surface area contributed by atoms with Crippen molar-refractivity contribution in [2.45, 2.75) is 39.5 Å². The summed E-state index contributed by atoms with van der Waals surface area (Å²) in [5, 5.41) is 0. The molecule has 0 saturated carbocycles. The summed E-state index contributed by atoms with van der Waals surface area (Å²) in [6.45, 7) is 11.0. The molecule has 2 nitrogen and oxygen atoms in total. The first-order valence-electron chi connectivity index (χ1n) is 6.59. The molecule has 1 aliphatic rings. The zero-order valence-electron chi connectivity index (χ0n) is 10.8. The highest BCUT2D eigenvalue weighted by Crippen LogP contribution is 2.08. The van der Waals surface area contributed by atoms with E-state index in [0.29, 0.717) is 0 Å². The fourth-order valence-electron chi connectivity index (χ4n) is 2.09. The van der Waals surface area contributed by atoms with Gasteiger partial charge in [0.25, 0.3) is 0 Å². The Balaban J connectivity index is 2.02. The zero-order valence-corrected chi connectivity index (χ0v) is 10.8. The van der Waals surface area contributed by atoms with Gasteiger partial charge < -0.3 is 9.80 Å². The van der Waals surface area contributed by atoms with Crippen molar-refractivity contribution >= 4 is 0 Å². The van der Waals surface area contributed by atoms with Crippen LogP contribution in [0.4, 0.5) is 0 Å². The molecule has 90 valence electrons. The summed E-state index contributed by atoms with van der Waals surface area (Å²) in [4.78, 5) is 5.10. The van der Waals surface area contributed by atoms with Gasteiger partial charge in [-0.2, -0.15) is 0 Å². The van der Waals surface area contributed by atoms with Crippen LogP contribution in [0.15, 0.2) is 0 Å². The first-order chi connectivity index (χ1) is 7.18. The molecule has 1 aliphatic heterocycles. The summed E-state index contributed by atoms with van der Waals surface area (Å²) < 4.78 is 0. The Hall–Kier alpha value is -0.0800. The van der Waals surface area contributed by atoms with Crippen molar-refractivity contribution < 1.29 is 0 Å². The van der Waals surface area contributed by atoms with Gasteiger partial charge in [0.05, 0.1) is 0 Å². The van der Waals surface area contributed by atoms with E-state index < -0.39 is 0 Å². The van der Waals surface area contributed by atoms with Gasteiger partial charge in [0, 0.05) is 13.1 Å². The van der Waals surface area contributed by atoms with Crippen LogP contribution in [0.25, 0.3) is 0 Å². The maximum Gasteiger partial charge on any atom is 0.0109 e. The van der Waals surface area contributed by atoms with Crippen LogP contribution >= 0.6 is 0 Å². The van der Waals surface area contributed by atoms with E-state index in [4.69, 9.17) is 0 Å². The van der Waals surface area contributed by atoms with E-state index in [1.54, 1.807) is 0 Å². The van der Waals surface area contributed by atoms with Crippen molar-refractivity contribution in [3.8, 4) is 0 Å². The van der Waals surface area contributed by atoms with Crippen molar-refractivity contribution in [3.63, 3.8) is 0 Å². The molecule has 0 amide bonds. The molecule has 0 unspecified atom stereocenters. The van der Waals surface area contributed by atoms with Gasteiger partial charge in [-0.3, -0.25) is 0 Å². The van der Waals surface area contributed by atoms with E-state index >= 15 is 0 Å². The molecule has 0 atom stereocenters. The van der Waals surface area contributed by atoms with Gasteiger partial charge in [-0.15, -0.1) is 0 Å². The largest absolute Gasteiger partial charge is 0.305 e. The van der Waals surface area contributed by atoms with Crippen LogP contribution in [-0.2, 0) is 0 Å². The predicted octanol–water partition coefficient (Wildman–Crippen LogP) is 2.45. The van der Waals surface area contributed by atoms with Gasteiger partial charge in [-0.05, 0) is 51.9 Å². The van der Waals surface area contributed by atoms with Gasteiger partial charge in [0.15, 0.2) is 0 Å². The van der Waals surface area contributed by atoms with E-state index in [0.717, 1.165) is 5.92 Å². The standard InChI is InChI=1S/C13H28N2/c1-13(2)7-10-14(3)11-12-15-8-5-4-6-9-15/h13H,4-12H2,1-3H3. The lowest BCUT2D eigenvalue weighted by atomic mass is 10.1. The minimum absolute atomic E-state index is 0.836. The third-order valence-corrected chi connectivity index (χ3v) is 3.33. The van der Waals surface area contributed by atoms with Gasteiger partial charge in [0.2, 0.25) is 0 Å². The van der Waals surface area contributed by atoms with Crippen LogP contribution < -0.4 is 0 Å². The average Bonchev–Trinajstić information content (AvgIpc) is 2.25. The highest BCUT2D eigenvalue weighted by molar-refractivity contribution is 4.66. The number of piperidine rings is 1. The molecule has 15 heavy (non-hydrogen) atoms. The quantitative estimate of drug-likeness (QED) is 0.667. The molecule has 1 saturated heterocycles. The molecule has 1 heterocycles. The second kappa shape index (κ2) is 7.24. The second-order valence-corrected chi connectivity index (χ2v) is 5.39. The summed E-state index contributed by atoms with van der Waals surface area (Å²) in [5.74, 6) is 0.836. The summed E-state index contributed by atoms with van der Waals surface area (Å²) in [6, 6.07) is 0. The molecular formula is C13H28N2. The Morgan fingerprint density at radius 3 is 2.33 bits per heavy atom. The van der Waals surface area contributed by atoms with E-state index in [9.17, 15) is 0 Å². The van der Waals surface area contributed by atoms with Gasteiger partial charge in [0.1, 0.15) is 0 Å². The Morgan fingerprint density at radius 2 is 1.73 bits per heavy atom. The summed E-state index contributed by atoms with van der Waals surface area (Å²) >= 11 is 0. The normalized spacial score (nSPS) is 19.0. The summed E-state index contributed by atoms with van der Waals surface area (Å²) in [7, 11) is 2.26. The van der Waals surface area contributed by atoms with Gasteiger partial charge in [-0.25, -0.2) is 0 Å². The summed E-state index contributed by atoms with van der Waals surface area (Å²) in [5.41, 5.74) is 0. The zero-order chi connectivity index (χ0) is 11.1. The fraction of sp³-hybridized carbons (Fsp3) is 1.00. The Kier molecular flexibility index (Phi) is 6.26. The molecule has 0 N–H and O–H groups in total. The van der Waals surface area contributed by atoms with Crippen LogP contribution in [0.2, 0.25) is 0 Å². The van der Waals surface area contributed by atoms with Crippen LogP contribution in [-0.4, -0.2) is 49.6 Å². The molecule has 0 radical (unpaired) electrons. The Bertz CT molecular complexity index is 151. The highest BCUT2D eigenvalue weighted by Gasteiger charge is 2.10. The lowest BCUT2D eigenvalue weighted by Gasteiger charge is -2.28. The SMILES string of the molecule is CC(C)CCN(C)CCN1CCCCC1. The highest BCUT2D eigenvalue weighted by atomic mass is 15.2. The van der Waals surface area contributed by atoms with Crippen LogP contribution in [0.3, 0.4) is 0 Å². The van der Waals surface area contributed by atoms with Crippen LogP contribution in [0, 0.1) is 5.92 Å². The first kappa shape index (κ1) is 13.0. The molecular weight excluding hydrogens is 184 g/mol. The smallest absolute Gasteiger partial charge is 0.0109 e. The monoisotopic (exact) mass is 212 g/mol. The molecule has 0 aromatic heterocycles. The van der Waals surface area contributed by atoms with Crippen LogP contribution in [0.1, 0.15) is 39.5 Å². The minimum atomic E-state index is 0.836. The third kappa shape index (κ3) is 6.16. The van der Waals surface area contributed by atoms with E-state index in [1.807, 2.05) is 0 Å². The topological polar surface area (TPSA) is 6.48 Å². The molecule has 1 rings (SSSR count). The molecule has 0 bridgehead atoms. The minimum Gasteiger partial charge on any atom is -0.305 e. The predicted molar refractivity (Wildman–Crippen MR) is 67.2 cm³/mol. The summed E-state index contributed by atoms with van der Waals surface area (Å²) in [6.07, 6.45) is 5.60. The van der Waals surface area contributed by atoms with Crippen molar-refractivity contribution in [3.05, 3.63) is 0 Å². The van der Waals surface area contributed by atoms with E-state index in [2.05, 4.69) is 30.7 Å². The molecule has 0 aromatic rings. The van der Waals surface area contributed by atoms with Gasteiger partial charge >= 0.3 is 0 Å². The number of hydrogen-bond acceptors (Lipinski definition) is 2. The molecule has 0 aromatic carbocycles. The lowest BCUT2D eigenvalue weighted by molar-refractivity contribution is 0.193. The van der Waals surface area contributed by atoms with Gasteiger partial charge in [-0.1, -0.05) is 20.3 Å². The van der Waals surface area contributed by atoms with Crippen molar-refractivity contribution in [2.24, 2.45) is 5.92 Å². The molecule has 0 spiro atoms. The molecule has 0 aliphatic carbocycles. The first-order valence-corrected chi connectivity index (χ1v) is 6.59. The Morgan fingerprint density at radius 1 is 1.07 bits per heavy atom. The van der Waals surface area contributed by atoms with Crippen LogP contribution in [0.5, 0.6) is 0 Å². The maximum absolute atomic E-state index is 2.62. The van der Waals surface area contributed by atoms with Crippen molar-refractivity contribution in [1.29, 1.82) is 0 Å². The number of rotatable bonds is 6. The molecule has 2 heteroatoms. The number of likely N-dealkylation sites (tertiary alicyclic amines) is 1. The Labute approximate surface area is 95.6 Å². The molecule has 1 fully saturated rings. The number of nitrogens with zero attached hydrogens (tertiary/aromatic N) is 2. The number of hydrogen-bond donors (Lipinski definition) is 0. The maximum atomic E-state index is 2.62. The average molecular weight is 212 g/mol. The third-order valence-electron chi connectivity index (χ3n) is 3.33. The number of likely N-dealkylation sites (N-methyl/N-ethyl adjacent to an activating group) is 1. The van der Waals surface area contributed by atoms with Crippen molar-refractivity contribution in [1.82, 2.24) is 9.80 Å². The lowest BCUT2D eigenvalue weighted by Crippen LogP contribution is -2.37. The second-order valence-electron chi connectivity index (χ2n) is 5.39. The van der Waals surface area contributed by atoms with E-state index in [-0.39, 0.29) is 0 Å². The van der Waals surface area contributed by atoms with E-state index in [1.165, 1.54) is 58.4 Å².